The molecule has 3 rings (SSSR count). The second kappa shape index (κ2) is 4.20. The number of fused-ring (bicyclic) bond motifs is 1. The molecule has 18 heavy (non-hydrogen) atoms. The molecule has 2 fully saturated rings. The van der Waals surface area contributed by atoms with E-state index in [0.29, 0.717) is 22.5 Å². The first-order valence-electron chi connectivity index (χ1n) is 6.16. The molecule has 1 N–H and O–H groups in total. The second-order valence-corrected chi connectivity index (χ2v) is 7.16. The highest BCUT2D eigenvalue weighted by Crippen LogP contribution is 2.32. The normalized spacial score (nSPS) is 27.5. The summed E-state index contributed by atoms with van der Waals surface area (Å²) in [5, 5.41) is 3.38. The summed E-state index contributed by atoms with van der Waals surface area (Å²) >= 11 is 0. The first-order chi connectivity index (χ1) is 8.55. The first kappa shape index (κ1) is 11.9. The van der Waals surface area contributed by atoms with Gasteiger partial charge < -0.3 is 10.2 Å². The highest BCUT2D eigenvalue weighted by Gasteiger charge is 2.37. The van der Waals surface area contributed by atoms with E-state index in [2.05, 4.69) is 15.2 Å². The fourth-order valence-electron chi connectivity index (χ4n) is 2.94. The predicted octanol–water partition coefficient (Wildman–Crippen LogP) is 0.141. The van der Waals surface area contributed by atoms with Crippen LogP contribution in [-0.4, -0.2) is 45.8 Å². The summed E-state index contributed by atoms with van der Waals surface area (Å²) in [6.07, 6.45) is 2.91. The third kappa shape index (κ3) is 1.99. The molecule has 5 nitrogen and oxygen atoms in total. The van der Waals surface area contributed by atoms with Crippen LogP contribution in [0.25, 0.3) is 0 Å². The Kier molecular flexibility index (Phi) is 2.79. The maximum atomic E-state index is 11.8. The van der Waals surface area contributed by atoms with Crippen LogP contribution in [0.5, 0.6) is 0 Å². The Labute approximate surface area is 107 Å². The van der Waals surface area contributed by atoms with Gasteiger partial charge >= 0.3 is 0 Å². The summed E-state index contributed by atoms with van der Waals surface area (Å²) in [6.45, 7) is 3.86. The van der Waals surface area contributed by atoms with Gasteiger partial charge in [0.05, 0.1) is 0 Å². The molecule has 0 aliphatic carbocycles. The SMILES string of the molecule is CS(=O)(=O)c1cccnc1N1C[C@H]2CNC[C@H]2C1. The molecular formula is C12H17N3O2S. The predicted molar refractivity (Wildman–Crippen MR) is 69.4 cm³/mol. The number of nitrogens with zero attached hydrogens (tertiary/aromatic N) is 2. The first-order valence-corrected chi connectivity index (χ1v) is 8.05. The van der Waals surface area contributed by atoms with Gasteiger partial charge in [0.2, 0.25) is 0 Å². The monoisotopic (exact) mass is 267 g/mol. The maximum absolute atomic E-state index is 11.8. The van der Waals surface area contributed by atoms with Crippen LogP contribution in [0, 0.1) is 11.8 Å². The quantitative estimate of drug-likeness (QED) is 0.826. The number of rotatable bonds is 2. The van der Waals surface area contributed by atoms with Gasteiger partial charge in [-0.3, -0.25) is 0 Å². The van der Waals surface area contributed by atoms with E-state index in [9.17, 15) is 8.42 Å². The summed E-state index contributed by atoms with van der Waals surface area (Å²) in [4.78, 5) is 6.74. The average molecular weight is 267 g/mol. The Morgan fingerprint density at radius 2 is 2.00 bits per heavy atom. The Hall–Kier alpha value is -1.14. The highest BCUT2D eigenvalue weighted by molar-refractivity contribution is 7.90. The number of sulfone groups is 1. The smallest absolute Gasteiger partial charge is 0.179 e. The van der Waals surface area contributed by atoms with E-state index in [1.165, 1.54) is 6.26 Å². The van der Waals surface area contributed by atoms with Crippen LogP contribution >= 0.6 is 0 Å². The zero-order chi connectivity index (χ0) is 12.8. The fraction of sp³-hybridized carbons (Fsp3) is 0.583. The lowest BCUT2D eigenvalue weighted by atomic mass is 10.0. The molecule has 0 saturated carbocycles. The molecule has 6 heteroatoms. The Balaban J connectivity index is 1.94. The zero-order valence-electron chi connectivity index (χ0n) is 10.3. The van der Waals surface area contributed by atoms with Crippen molar-refractivity contribution in [2.45, 2.75) is 4.90 Å². The number of nitrogens with one attached hydrogen (secondary N) is 1. The lowest BCUT2D eigenvalue weighted by molar-refractivity contribution is 0.533. The molecule has 2 aliphatic heterocycles. The topological polar surface area (TPSA) is 62.3 Å². The molecule has 2 aliphatic rings. The summed E-state index contributed by atoms with van der Waals surface area (Å²) in [6, 6.07) is 3.32. The Morgan fingerprint density at radius 3 is 2.61 bits per heavy atom. The number of pyridine rings is 1. The van der Waals surface area contributed by atoms with Crippen LogP contribution < -0.4 is 10.2 Å². The lowest BCUT2D eigenvalue weighted by Crippen LogP contribution is -2.27. The van der Waals surface area contributed by atoms with E-state index in [1.54, 1.807) is 18.3 Å². The van der Waals surface area contributed by atoms with Crippen molar-refractivity contribution in [3.63, 3.8) is 0 Å². The highest BCUT2D eigenvalue weighted by atomic mass is 32.2. The summed E-state index contributed by atoms with van der Waals surface area (Å²) in [5.74, 6) is 1.87. The van der Waals surface area contributed by atoms with Gasteiger partial charge in [-0.15, -0.1) is 0 Å². The standard InChI is InChI=1S/C12H17N3O2S/c1-18(16,17)11-3-2-4-14-12(11)15-7-9-5-13-6-10(9)8-15/h2-4,9-10,13H,5-8H2,1H3/t9-,10+. The Morgan fingerprint density at radius 1 is 1.33 bits per heavy atom. The van der Waals surface area contributed by atoms with Crippen LogP contribution in [0.2, 0.25) is 0 Å². The minimum Gasteiger partial charge on any atom is -0.355 e. The molecule has 2 atom stereocenters. The molecule has 0 unspecified atom stereocenters. The number of aromatic nitrogens is 1. The average Bonchev–Trinajstić information content (AvgIpc) is 2.87. The fourth-order valence-corrected chi connectivity index (χ4v) is 3.78. The van der Waals surface area contributed by atoms with Crippen molar-refractivity contribution in [1.82, 2.24) is 10.3 Å². The third-order valence-corrected chi connectivity index (χ3v) is 4.96. The molecule has 0 amide bonds. The minimum atomic E-state index is -3.21. The van der Waals surface area contributed by atoms with Crippen molar-refractivity contribution >= 4 is 15.7 Å². The van der Waals surface area contributed by atoms with Gasteiger partial charge in [-0.05, 0) is 24.0 Å². The van der Waals surface area contributed by atoms with E-state index in [4.69, 9.17) is 0 Å². The van der Waals surface area contributed by atoms with Crippen molar-refractivity contribution in [2.24, 2.45) is 11.8 Å². The molecule has 0 spiro atoms. The summed E-state index contributed by atoms with van der Waals surface area (Å²) in [7, 11) is -3.21. The largest absolute Gasteiger partial charge is 0.355 e. The van der Waals surface area contributed by atoms with Crippen molar-refractivity contribution in [3.8, 4) is 0 Å². The maximum Gasteiger partial charge on any atom is 0.179 e. The van der Waals surface area contributed by atoms with Crippen LogP contribution in [0.15, 0.2) is 23.2 Å². The van der Waals surface area contributed by atoms with E-state index >= 15 is 0 Å². The van der Waals surface area contributed by atoms with Crippen LogP contribution in [0.3, 0.4) is 0 Å². The van der Waals surface area contributed by atoms with Crippen LogP contribution in [0.1, 0.15) is 0 Å². The van der Waals surface area contributed by atoms with Gasteiger partial charge in [-0.25, -0.2) is 13.4 Å². The Bertz CT molecular complexity index is 546. The molecular weight excluding hydrogens is 250 g/mol. The molecule has 2 saturated heterocycles. The molecule has 1 aromatic rings. The molecule has 98 valence electrons. The summed E-state index contributed by atoms with van der Waals surface area (Å²) < 4.78 is 23.6. The molecule has 0 bridgehead atoms. The van der Waals surface area contributed by atoms with Gasteiger partial charge in [0.1, 0.15) is 10.7 Å². The lowest BCUT2D eigenvalue weighted by Gasteiger charge is -2.20. The van der Waals surface area contributed by atoms with Crippen molar-refractivity contribution < 1.29 is 8.42 Å². The van der Waals surface area contributed by atoms with Gasteiger partial charge in [-0.1, -0.05) is 0 Å². The van der Waals surface area contributed by atoms with Crippen molar-refractivity contribution in [1.29, 1.82) is 0 Å². The molecule has 1 aromatic heterocycles. The molecule has 3 heterocycles. The van der Waals surface area contributed by atoms with E-state index in [1.807, 2.05) is 0 Å². The van der Waals surface area contributed by atoms with Crippen LogP contribution in [0.4, 0.5) is 5.82 Å². The number of hydrogen-bond donors (Lipinski definition) is 1. The zero-order valence-corrected chi connectivity index (χ0v) is 11.2. The van der Waals surface area contributed by atoms with Gasteiger partial charge in [0.15, 0.2) is 9.84 Å². The minimum absolute atomic E-state index is 0.345. The van der Waals surface area contributed by atoms with Gasteiger partial charge in [-0.2, -0.15) is 0 Å². The van der Waals surface area contributed by atoms with Crippen molar-refractivity contribution in [2.75, 3.05) is 37.3 Å². The van der Waals surface area contributed by atoms with Crippen LogP contribution in [-0.2, 0) is 9.84 Å². The second-order valence-electron chi connectivity index (χ2n) is 5.18. The van der Waals surface area contributed by atoms with E-state index in [0.717, 1.165) is 26.2 Å². The molecule has 0 aromatic carbocycles. The summed E-state index contributed by atoms with van der Waals surface area (Å²) in [5.41, 5.74) is 0. The number of hydrogen-bond acceptors (Lipinski definition) is 5. The third-order valence-electron chi connectivity index (χ3n) is 3.84. The number of anilines is 1. The van der Waals surface area contributed by atoms with Gasteiger partial charge in [0.25, 0.3) is 0 Å². The van der Waals surface area contributed by atoms with E-state index < -0.39 is 9.84 Å². The van der Waals surface area contributed by atoms with E-state index in [-0.39, 0.29) is 0 Å². The van der Waals surface area contributed by atoms with Gasteiger partial charge in [0, 0.05) is 38.6 Å². The van der Waals surface area contributed by atoms with Crippen molar-refractivity contribution in [3.05, 3.63) is 18.3 Å². The molecule has 0 radical (unpaired) electrons.